The summed E-state index contributed by atoms with van der Waals surface area (Å²) in [6.45, 7) is 0.368. The Morgan fingerprint density at radius 2 is 1.91 bits per heavy atom. The molecule has 1 aliphatic rings. The average Bonchev–Trinajstić information content (AvgIpc) is 2.70. The third kappa shape index (κ3) is 4.02. The molecule has 32 heavy (non-hydrogen) atoms. The van der Waals surface area contributed by atoms with E-state index in [1.54, 1.807) is 0 Å². The van der Waals surface area contributed by atoms with Crippen molar-refractivity contribution in [1.82, 2.24) is 13.9 Å². The third-order valence-corrected chi connectivity index (χ3v) is 7.18. The fourth-order valence-corrected chi connectivity index (χ4v) is 4.96. The normalized spacial score (nSPS) is 15.0. The van der Waals surface area contributed by atoms with Crippen molar-refractivity contribution < 1.29 is 22.3 Å². The van der Waals surface area contributed by atoms with Gasteiger partial charge in [0.1, 0.15) is 10.8 Å². The van der Waals surface area contributed by atoms with Gasteiger partial charge in [0.15, 0.2) is 11.6 Å². The number of benzene rings is 2. The van der Waals surface area contributed by atoms with Crippen molar-refractivity contribution in [3.8, 4) is 11.5 Å². The van der Waals surface area contributed by atoms with Crippen LogP contribution in [0.5, 0.6) is 11.5 Å². The minimum atomic E-state index is -3.93. The Balaban J connectivity index is 1.68. The van der Waals surface area contributed by atoms with Crippen LogP contribution in [-0.4, -0.2) is 48.6 Å². The minimum absolute atomic E-state index is 0.0456. The third-order valence-electron chi connectivity index (χ3n) is 4.98. The zero-order valence-electron chi connectivity index (χ0n) is 16.8. The summed E-state index contributed by atoms with van der Waals surface area (Å²) in [5.41, 5.74) is -0.164. The number of methoxy groups -OCH3 is 1. The molecule has 3 aromatic rings. The van der Waals surface area contributed by atoms with Gasteiger partial charge in [0.2, 0.25) is 0 Å². The largest absolute Gasteiger partial charge is 0.451 e. The van der Waals surface area contributed by atoms with Crippen molar-refractivity contribution in [2.75, 3.05) is 24.9 Å². The smallest absolute Gasteiger partial charge is 0.301 e. The molecule has 13 heteroatoms. The molecule has 1 fully saturated rings. The lowest BCUT2D eigenvalue weighted by Crippen LogP contribution is -2.55. The number of ether oxygens (including phenoxy) is 2. The summed E-state index contributed by atoms with van der Waals surface area (Å²) < 4.78 is 54.9. The fraction of sp³-hybridized carbons (Fsp3) is 0.263. The highest BCUT2D eigenvalue weighted by Gasteiger charge is 2.36. The van der Waals surface area contributed by atoms with E-state index in [9.17, 15) is 17.6 Å². The second kappa shape index (κ2) is 8.49. The Hall–Kier alpha value is -2.44. The number of hydrogen-bond donors (Lipinski definition) is 1. The Kier molecular flexibility index (Phi) is 6.03. The van der Waals surface area contributed by atoms with Gasteiger partial charge in [0, 0.05) is 27.2 Å². The summed E-state index contributed by atoms with van der Waals surface area (Å²) in [6.07, 6.45) is 1.16. The molecule has 170 valence electrons. The summed E-state index contributed by atoms with van der Waals surface area (Å²) in [5.74, 6) is -1.35. The Morgan fingerprint density at radius 3 is 2.59 bits per heavy atom. The van der Waals surface area contributed by atoms with Crippen molar-refractivity contribution >= 4 is 50.0 Å². The first-order valence-electron chi connectivity index (χ1n) is 9.22. The van der Waals surface area contributed by atoms with Gasteiger partial charge in [-0.3, -0.25) is 9.52 Å². The SMILES string of the molecule is COC1CN(S(=O)(=O)Nc2ccc(F)c(Oc3ccc4ncn(C)c(=O)c4c3Cl)c2Cl)C1. The Labute approximate surface area is 192 Å². The zero-order chi connectivity index (χ0) is 23.2. The number of hydrogen-bond acceptors (Lipinski definition) is 6. The summed E-state index contributed by atoms with van der Waals surface area (Å²) in [7, 11) is -0.925. The Morgan fingerprint density at radius 1 is 1.19 bits per heavy atom. The second-order valence-electron chi connectivity index (χ2n) is 7.05. The van der Waals surface area contributed by atoms with E-state index in [0.717, 1.165) is 10.4 Å². The molecule has 1 aliphatic heterocycles. The number of aromatic nitrogens is 2. The van der Waals surface area contributed by atoms with E-state index in [1.807, 2.05) is 0 Å². The van der Waals surface area contributed by atoms with Gasteiger partial charge in [0.25, 0.3) is 5.56 Å². The van der Waals surface area contributed by atoms with Gasteiger partial charge < -0.3 is 14.0 Å². The Bertz CT molecular complexity index is 1380. The first-order valence-corrected chi connectivity index (χ1v) is 11.4. The van der Waals surface area contributed by atoms with Gasteiger partial charge in [-0.2, -0.15) is 12.7 Å². The molecule has 0 saturated carbocycles. The van der Waals surface area contributed by atoms with Crippen LogP contribution < -0.4 is 15.0 Å². The van der Waals surface area contributed by atoms with E-state index in [0.29, 0.717) is 5.52 Å². The first-order chi connectivity index (χ1) is 15.1. The zero-order valence-corrected chi connectivity index (χ0v) is 19.1. The van der Waals surface area contributed by atoms with Gasteiger partial charge in [-0.05, 0) is 24.3 Å². The fourth-order valence-electron chi connectivity index (χ4n) is 3.08. The van der Waals surface area contributed by atoms with Crippen LogP contribution in [0.25, 0.3) is 10.9 Å². The number of nitrogens with one attached hydrogen (secondary N) is 1. The van der Waals surface area contributed by atoms with Gasteiger partial charge in [-0.15, -0.1) is 0 Å². The highest BCUT2D eigenvalue weighted by molar-refractivity contribution is 7.90. The summed E-state index contributed by atoms with van der Waals surface area (Å²) in [5, 5.41) is -0.301. The molecule has 9 nitrogen and oxygen atoms in total. The van der Waals surface area contributed by atoms with Crippen molar-refractivity contribution in [2.24, 2.45) is 7.05 Å². The summed E-state index contributed by atoms with van der Waals surface area (Å²) in [4.78, 5) is 16.5. The maximum Gasteiger partial charge on any atom is 0.301 e. The van der Waals surface area contributed by atoms with E-state index < -0.39 is 27.3 Å². The molecule has 0 atom stereocenters. The maximum absolute atomic E-state index is 14.5. The molecule has 1 N–H and O–H groups in total. The van der Waals surface area contributed by atoms with Gasteiger partial charge in [-0.25, -0.2) is 9.37 Å². The van der Waals surface area contributed by atoms with Crippen LogP contribution in [0.4, 0.5) is 10.1 Å². The van der Waals surface area contributed by atoms with Crippen LogP contribution in [0.2, 0.25) is 10.0 Å². The quantitative estimate of drug-likeness (QED) is 0.555. The standard InChI is InChI=1S/C19H17Cl2FN4O5S/c1-25-9-23-12-5-6-14(17(21)15(12)19(25)27)31-18-11(22)3-4-13(16(18)20)24-32(28,29)26-7-10(8-26)30-2/h3-6,9-10,24H,7-8H2,1-2H3. The average molecular weight is 503 g/mol. The number of rotatable bonds is 6. The molecular weight excluding hydrogens is 486 g/mol. The van der Waals surface area contributed by atoms with E-state index in [4.69, 9.17) is 32.7 Å². The predicted octanol–water partition coefficient (Wildman–Crippen LogP) is 3.16. The molecule has 0 amide bonds. The van der Waals surface area contributed by atoms with Gasteiger partial charge >= 0.3 is 10.2 Å². The molecule has 1 aromatic heterocycles. The van der Waals surface area contributed by atoms with Gasteiger partial charge in [0.05, 0.1) is 34.0 Å². The molecular formula is C19H17Cl2FN4O5S. The van der Waals surface area contributed by atoms with Crippen LogP contribution in [0.1, 0.15) is 0 Å². The summed E-state index contributed by atoms with van der Waals surface area (Å²) >= 11 is 12.6. The topological polar surface area (TPSA) is 103 Å². The molecule has 2 heterocycles. The number of anilines is 1. The summed E-state index contributed by atoms with van der Waals surface area (Å²) in [6, 6.07) is 5.08. The number of fused-ring (bicyclic) bond motifs is 1. The van der Waals surface area contributed by atoms with Crippen molar-refractivity contribution in [1.29, 1.82) is 0 Å². The van der Waals surface area contributed by atoms with E-state index >= 15 is 0 Å². The monoisotopic (exact) mass is 502 g/mol. The van der Waals surface area contributed by atoms with Crippen LogP contribution >= 0.6 is 23.2 Å². The molecule has 0 unspecified atom stereocenters. The van der Waals surface area contributed by atoms with E-state index in [2.05, 4.69) is 9.71 Å². The number of nitrogens with zero attached hydrogens (tertiary/aromatic N) is 3. The van der Waals surface area contributed by atoms with Crippen LogP contribution in [0.15, 0.2) is 35.4 Å². The lowest BCUT2D eigenvalue weighted by Gasteiger charge is -2.36. The van der Waals surface area contributed by atoms with Gasteiger partial charge in [-0.1, -0.05) is 23.2 Å². The second-order valence-corrected chi connectivity index (χ2v) is 9.48. The van der Waals surface area contributed by atoms with Crippen LogP contribution in [-0.2, 0) is 22.0 Å². The molecule has 2 aromatic carbocycles. The van der Waals surface area contributed by atoms with Crippen molar-refractivity contribution in [2.45, 2.75) is 6.10 Å². The van der Waals surface area contributed by atoms with E-state index in [1.165, 1.54) is 43.3 Å². The lowest BCUT2D eigenvalue weighted by atomic mass is 10.2. The van der Waals surface area contributed by atoms with Crippen molar-refractivity contribution in [3.63, 3.8) is 0 Å². The highest BCUT2D eigenvalue weighted by atomic mass is 35.5. The highest BCUT2D eigenvalue weighted by Crippen LogP contribution is 2.41. The first kappa shape index (κ1) is 22.7. The van der Waals surface area contributed by atoms with Crippen LogP contribution in [0.3, 0.4) is 0 Å². The van der Waals surface area contributed by atoms with E-state index in [-0.39, 0.29) is 46.1 Å². The molecule has 0 radical (unpaired) electrons. The molecule has 0 spiro atoms. The van der Waals surface area contributed by atoms with Crippen molar-refractivity contribution in [3.05, 3.63) is 56.8 Å². The molecule has 0 aliphatic carbocycles. The predicted molar refractivity (Wildman–Crippen MR) is 118 cm³/mol. The minimum Gasteiger partial charge on any atom is -0.451 e. The number of aryl methyl sites for hydroxylation is 1. The van der Waals surface area contributed by atoms with Crippen LogP contribution in [0, 0.1) is 5.82 Å². The maximum atomic E-state index is 14.5. The molecule has 4 rings (SSSR count). The molecule has 1 saturated heterocycles. The number of halogens is 3. The lowest BCUT2D eigenvalue weighted by molar-refractivity contribution is 0.0128. The molecule has 0 bridgehead atoms.